The number of hydrazine groups is 2. The van der Waals surface area contributed by atoms with E-state index in [1.165, 1.54) is 25.3 Å². The van der Waals surface area contributed by atoms with Crippen molar-refractivity contribution < 1.29 is 14.3 Å². The van der Waals surface area contributed by atoms with Crippen molar-refractivity contribution in [3.63, 3.8) is 0 Å². The molecule has 0 spiro atoms. The number of fused-ring (bicyclic) bond motifs is 6. The maximum absolute atomic E-state index is 14.7. The topological polar surface area (TPSA) is 64.6 Å². The number of rotatable bonds is 3. The lowest BCUT2D eigenvalue weighted by Gasteiger charge is -2.61. The third-order valence-electron chi connectivity index (χ3n) is 11.3. The highest BCUT2D eigenvalue weighted by Gasteiger charge is 2.61. The van der Waals surface area contributed by atoms with E-state index in [4.69, 9.17) is 11.6 Å². The largest absolute Gasteiger partial charge is 0.390 e. The number of Topliss-reactive ketones (excluding diaryl/α,β-unsaturated/α-hetero) is 1. The molecule has 35 heavy (non-hydrogen) atoms. The summed E-state index contributed by atoms with van der Waals surface area (Å²) in [5.41, 5.74) is 6.68. The fourth-order valence-electron chi connectivity index (χ4n) is 9.43. The molecule has 5 nitrogen and oxygen atoms in total. The van der Waals surface area contributed by atoms with Gasteiger partial charge in [0.15, 0.2) is 11.6 Å². The molecule has 0 aromatic heterocycles. The Morgan fingerprint density at radius 3 is 2.66 bits per heavy atom. The van der Waals surface area contributed by atoms with Gasteiger partial charge in [0.1, 0.15) is 5.69 Å². The van der Waals surface area contributed by atoms with Gasteiger partial charge in [0.05, 0.1) is 22.9 Å². The monoisotopic (exact) mass is 503 g/mol. The van der Waals surface area contributed by atoms with Gasteiger partial charge in [0.2, 0.25) is 0 Å². The number of halogens is 2. The molecule has 4 fully saturated rings. The van der Waals surface area contributed by atoms with Gasteiger partial charge in [-0.25, -0.2) is 4.39 Å². The van der Waals surface area contributed by atoms with Crippen LogP contribution in [-0.2, 0) is 4.79 Å². The first-order valence-corrected chi connectivity index (χ1v) is 13.9. The van der Waals surface area contributed by atoms with Crippen LogP contribution in [0.25, 0.3) is 0 Å². The number of ketones is 1. The summed E-state index contributed by atoms with van der Waals surface area (Å²) < 4.78 is 14.7. The number of nitrogens with zero attached hydrogens (tertiary/aromatic N) is 1. The van der Waals surface area contributed by atoms with Crippen molar-refractivity contribution in [3.8, 4) is 0 Å². The van der Waals surface area contributed by atoms with Crippen molar-refractivity contribution in [2.45, 2.75) is 84.2 Å². The first kappa shape index (κ1) is 24.0. The number of aliphatic hydroxyl groups is 1. The average molecular weight is 504 g/mol. The van der Waals surface area contributed by atoms with Crippen molar-refractivity contribution in [1.29, 1.82) is 0 Å². The molecule has 8 atom stereocenters. The van der Waals surface area contributed by atoms with Crippen LogP contribution in [0.1, 0.15) is 78.6 Å². The van der Waals surface area contributed by atoms with E-state index in [0.717, 1.165) is 38.5 Å². The van der Waals surface area contributed by atoms with Gasteiger partial charge >= 0.3 is 0 Å². The number of anilines is 2. The van der Waals surface area contributed by atoms with E-state index in [1.54, 1.807) is 11.1 Å². The molecule has 1 heterocycles. The summed E-state index contributed by atoms with van der Waals surface area (Å²) >= 11 is 6.02. The lowest BCUT2D eigenvalue weighted by Crippen LogP contribution is -2.56. The van der Waals surface area contributed by atoms with E-state index in [-0.39, 0.29) is 28.7 Å². The van der Waals surface area contributed by atoms with Crippen LogP contribution in [0.5, 0.6) is 0 Å². The van der Waals surface area contributed by atoms with Gasteiger partial charge in [0, 0.05) is 5.92 Å². The lowest BCUT2D eigenvalue weighted by atomic mass is 9.44. The van der Waals surface area contributed by atoms with Gasteiger partial charge in [-0.15, -0.1) is 5.53 Å². The van der Waals surface area contributed by atoms with Crippen molar-refractivity contribution in [1.82, 2.24) is 5.53 Å². The Kier molecular flexibility index (Phi) is 5.53. The highest BCUT2D eigenvalue weighted by Crippen LogP contribution is 2.68. The predicted octanol–water partition coefficient (Wildman–Crippen LogP) is 6.11. The molecular formula is C28H39ClFN3O2. The molecule has 1 aromatic carbocycles. The van der Waals surface area contributed by atoms with Crippen LogP contribution >= 0.6 is 11.6 Å². The van der Waals surface area contributed by atoms with E-state index in [0.29, 0.717) is 40.5 Å². The Bertz CT molecular complexity index is 1050. The molecule has 1 aromatic rings. The normalized spacial score (nSPS) is 44.2. The fraction of sp³-hybridized carbons (Fsp3) is 0.750. The smallest absolute Gasteiger partial charge is 0.168 e. The predicted molar refractivity (Wildman–Crippen MR) is 136 cm³/mol. The van der Waals surface area contributed by atoms with E-state index >= 15 is 0 Å². The molecule has 7 heteroatoms. The number of carbonyl (C=O) groups is 1. The first-order valence-electron chi connectivity index (χ1n) is 13.6. The zero-order chi connectivity index (χ0) is 24.8. The Balaban J connectivity index is 1.20. The SMILES string of the molecule is C[C@@]1(O)CC[C@@]2(C)[C@@H](CC[C@@H]3[C@@H]2CC[C@]2(C)[C@@H](C(=O)CN4NNc5ccc(Cl)c(F)c54)CC[C@@H]32)C1. The molecule has 0 bridgehead atoms. The number of hydrogen-bond donors (Lipinski definition) is 3. The molecule has 3 N–H and O–H groups in total. The summed E-state index contributed by atoms with van der Waals surface area (Å²) in [5, 5.41) is 12.4. The Hall–Kier alpha value is -1.37. The van der Waals surface area contributed by atoms with Crippen LogP contribution in [0.15, 0.2) is 12.1 Å². The second-order valence-corrected chi connectivity index (χ2v) is 13.5. The quantitative estimate of drug-likeness (QED) is 0.464. The first-order chi connectivity index (χ1) is 16.5. The van der Waals surface area contributed by atoms with E-state index in [2.05, 4.69) is 24.8 Å². The van der Waals surface area contributed by atoms with Crippen molar-refractivity contribution in [2.24, 2.45) is 40.4 Å². The summed E-state index contributed by atoms with van der Waals surface area (Å²) in [4.78, 5) is 13.7. The van der Waals surface area contributed by atoms with Gasteiger partial charge in [-0.05, 0) is 111 Å². The van der Waals surface area contributed by atoms with Gasteiger partial charge in [0.25, 0.3) is 0 Å². The van der Waals surface area contributed by atoms with Crippen LogP contribution in [0.3, 0.4) is 0 Å². The summed E-state index contributed by atoms with van der Waals surface area (Å²) in [6.07, 6.45) is 9.75. The van der Waals surface area contributed by atoms with Gasteiger partial charge in [-0.1, -0.05) is 25.4 Å². The van der Waals surface area contributed by atoms with Crippen LogP contribution in [0.4, 0.5) is 15.8 Å². The Labute approximate surface area is 213 Å². The zero-order valence-corrected chi connectivity index (χ0v) is 21.9. The number of hydrogen-bond acceptors (Lipinski definition) is 5. The lowest BCUT2D eigenvalue weighted by molar-refractivity contribution is -0.150. The fourth-order valence-corrected chi connectivity index (χ4v) is 9.59. The van der Waals surface area contributed by atoms with Gasteiger partial charge < -0.3 is 10.5 Å². The molecule has 0 amide bonds. The molecule has 1 aliphatic heterocycles. The van der Waals surface area contributed by atoms with Crippen molar-refractivity contribution >= 4 is 28.8 Å². The van der Waals surface area contributed by atoms with E-state index in [9.17, 15) is 14.3 Å². The molecule has 0 radical (unpaired) electrons. The molecular weight excluding hydrogens is 465 g/mol. The minimum absolute atomic E-state index is 0.0131. The second kappa shape index (κ2) is 8.06. The third kappa shape index (κ3) is 3.57. The average Bonchev–Trinajstić information content (AvgIpc) is 3.37. The Morgan fingerprint density at radius 1 is 1.09 bits per heavy atom. The van der Waals surface area contributed by atoms with Crippen LogP contribution in [0, 0.1) is 46.2 Å². The maximum Gasteiger partial charge on any atom is 0.168 e. The van der Waals surface area contributed by atoms with Crippen molar-refractivity contribution in [2.75, 3.05) is 17.0 Å². The van der Waals surface area contributed by atoms with Crippen molar-refractivity contribution in [3.05, 3.63) is 23.0 Å². The number of nitrogens with one attached hydrogen (secondary N) is 2. The van der Waals surface area contributed by atoms with E-state index < -0.39 is 11.4 Å². The zero-order valence-electron chi connectivity index (χ0n) is 21.2. The standard InChI is InChI=1S/C28H39ClFN3O2/c1-26(35)12-13-27(2)16(14-26)4-5-17-18-6-7-20(28(18,3)11-10-19(17)27)23(34)15-33-25-22(31-32-33)9-8-21(29)24(25)30/h8-9,16-20,31-32,35H,4-7,10-15H2,1-3H3/t16-,17-,18-,19-,20+,26+,27-,28-/m0/s1. The molecule has 0 unspecified atom stereocenters. The van der Waals surface area contributed by atoms with Gasteiger partial charge in [-0.2, -0.15) is 0 Å². The number of carbonyl (C=O) groups excluding carboxylic acids is 1. The van der Waals surface area contributed by atoms with E-state index in [1.807, 2.05) is 6.92 Å². The molecule has 192 valence electrons. The summed E-state index contributed by atoms with van der Waals surface area (Å²) in [6, 6.07) is 3.26. The Morgan fingerprint density at radius 2 is 1.86 bits per heavy atom. The molecule has 4 saturated carbocycles. The summed E-state index contributed by atoms with van der Waals surface area (Å²) in [7, 11) is 0. The highest BCUT2D eigenvalue weighted by molar-refractivity contribution is 6.31. The molecule has 6 rings (SSSR count). The molecule has 5 aliphatic rings. The number of benzene rings is 1. The molecule has 0 saturated heterocycles. The summed E-state index contributed by atoms with van der Waals surface area (Å²) in [5.74, 6) is 2.30. The maximum atomic E-state index is 14.7. The van der Waals surface area contributed by atoms with Crippen LogP contribution in [0.2, 0.25) is 5.02 Å². The van der Waals surface area contributed by atoms with Crippen LogP contribution in [-0.4, -0.2) is 23.0 Å². The second-order valence-electron chi connectivity index (χ2n) is 13.1. The highest BCUT2D eigenvalue weighted by atomic mass is 35.5. The minimum atomic E-state index is -0.508. The van der Waals surface area contributed by atoms with Gasteiger partial charge in [-0.3, -0.25) is 9.80 Å². The minimum Gasteiger partial charge on any atom is -0.390 e. The summed E-state index contributed by atoms with van der Waals surface area (Å²) in [6.45, 7) is 7.03. The molecule has 4 aliphatic carbocycles. The van der Waals surface area contributed by atoms with Crippen LogP contribution < -0.4 is 16.0 Å². The third-order valence-corrected chi connectivity index (χ3v) is 11.6.